The normalized spacial score (nSPS) is 15.5. The van der Waals surface area contributed by atoms with Crippen LogP contribution >= 0.6 is 11.3 Å². The highest BCUT2D eigenvalue weighted by molar-refractivity contribution is 7.89. The van der Waals surface area contributed by atoms with Gasteiger partial charge in [-0.05, 0) is 59.9 Å². The Morgan fingerprint density at radius 2 is 2.24 bits per heavy atom. The Kier molecular flexibility index (Phi) is 4.01. The van der Waals surface area contributed by atoms with Crippen molar-refractivity contribution in [3.63, 3.8) is 0 Å². The molecule has 1 aliphatic heterocycles. The third-order valence-corrected chi connectivity index (χ3v) is 5.90. The van der Waals surface area contributed by atoms with Gasteiger partial charge in [0.2, 0.25) is 10.0 Å². The van der Waals surface area contributed by atoms with Crippen LogP contribution in [0.2, 0.25) is 0 Å². The van der Waals surface area contributed by atoms with E-state index in [0.717, 1.165) is 24.2 Å². The minimum atomic E-state index is -3.47. The molecular formula is C15H18N2O2S2. The summed E-state index contributed by atoms with van der Waals surface area (Å²) in [5.74, 6) is 0. The maximum atomic E-state index is 12.4. The van der Waals surface area contributed by atoms with Crippen LogP contribution in [0.4, 0.5) is 5.69 Å². The predicted octanol–water partition coefficient (Wildman–Crippen LogP) is 2.63. The summed E-state index contributed by atoms with van der Waals surface area (Å²) in [5.41, 5.74) is 3.27. The highest BCUT2D eigenvalue weighted by Crippen LogP contribution is 2.25. The van der Waals surface area contributed by atoms with E-state index in [1.165, 1.54) is 5.56 Å². The number of hydrogen-bond acceptors (Lipinski definition) is 4. The van der Waals surface area contributed by atoms with E-state index < -0.39 is 10.0 Å². The van der Waals surface area contributed by atoms with E-state index in [9.17, 15) is 8.42 Å². The molecule has 1 aromatic heterocycles. The highest BCUT2D eigenvalue weighted by atomic mass is 32.2. The fraction of sp³-hybridized carbons (Fsp3) is 0.333. The average Bonchev–Trinajstić information content (AvgIpc) is 3.07. The van der Waals surface area contributed by atoms with Crippen molar-refractivity contribution in [2.45, 2.75) is 30.7 Å². The highest BCUT2D eigenvalue weighted by Gasteiger charge is 2.20. The Balaban J connectivity index is 1.74. The van der Waals surface area contributed by atoms with Crippen LogP contribution in [0.3, 0.4) is 0 Å². The number of anilines is 1. The Morgan fingerprint density at radius 1 is 1.38 bits per heavy atom. The van der Waals surface area contributed by atoms with Gasteiger partial charge in [0.15, 0.2) is 0 Å². The van der Waals surface area contributed by atoms with Crippen LogP contribution in [0, 0.1) is 0 Å². The first-order valence-corrected chi connectivity index (χ1v) is 9.37. The van der Waals surface area contributed by atoms with Crippen molar-refractivity contribution >= 4 is 27.0 Å². The molecule has 2 heterocycles. The molecule has 0 fully saturated rings. The average molecular weight is 322 g/mol. The second-order valence-corrected chi connectivity index (χ2v) is 7.85. The van der Waals surface area contributed by atoms with E-state index in [0.29, 0.717) is 11.3 Å². The lowest BCUT2D eigenvalue weighted by Gasteiger charge is -2.14. The van der Waals surface area contributed by atoms with E-state index in [-0.39, 0.29) is 6.04 Å². The minimum absolute atomic E-state index is 0.134. The number of benzene rings is 1. The molecule has 0 saturated heterocycles. The molecule has 4 nitrogen and oxygen atoms in total. The molecule has 1 unspecified atom stereocenters. The fourth-order valence-corrected chi connectivity index (χ4v) is 4.52. The van der Waals surface area contributed by atoms with Gasteiger partial charge in [-0.3, -0.25) is 0 Å². The quantitative estimate of drug-likeness (QED) is 0.890. The van der Waals surface area contributed by atoms with E-state index in [1.807, 2.05) is 29.8 Å². The number of thiophene rings is 1. The van der Waals surface area contributed by atoms with Crippen molar-refractivity contribution in [3.8, 4) is 0 Å². The van der Waals surface area contributed by atoms with E-state index in [2.05, 4.69) is 10.0 Å². The van der Waals surface area contributed by atoms with Gasteiger partial charge in [0.25, 0.3) is 0 Å². The number of fused-ring (bicyclic) bond motifs is 1. The van der Waals surface area contributed by atoms with Crippen LogP contribution in [0.5, 0.6) is 0 Å². The summed E-state index contributed by atoms with van der Waals surface area (Å²) in [5, 5.41) is 7.26. The SMILES string of the molecule is CC(Cc1ccsc1)NS(=O)(=O)c1ccc2c(c1)NCC2. The maximum absolute atomic E-state index is 12.4. The number of nitrogens with one attached hydrogen (secondary N) is 2. The van der Waals surface area contributed by atoms with E-state index >= 15 is 0 Å². The van der Waals surface area contributed by atoms with Gasteiger partial charge in [0.1, 0.15) is 0 Å². The maximum Gasteiger partial charge on any atom is 0.240 e. The summed E-state index contributed by atoms with van der Waals surface area (Å²) < 4.78 is 27.6. The van der Waals surface area contributed by atoms with E-state index in [4.69, 9.17) is 0 Å². The predicted molar refractivity (Wildman–Crippen MR) is 86.4 cm³/mol. The lowest BCUT2D eigenvalue weighted by molar-refractivity contribution is 0.560. The van der Waals surface area contributed by atoms with Gasteiger partial charge in [0, 0.05) is 18.3 Å². The minimum Gasteiger partial charge on any atom is -0.384 e. The summed E-state index contributed by atoms with van der Waals surface area (Å²) in [7, 11) is -3.47. The molecule has 3 rings (SSSR count). The van der Waals surface area contributed by atoms with Gasteiger partial charge < -0.3 is 5.32 Å². The van der Waals surface area contributed by atoms with Crippen molar-refractivity contribution in [1.29, 1.82) is 0 Å². The Morgan fingerprint density at radius 3 is 3.00 bits per heavy atom. The van der Waals surface area contributed by atoms with Crippen LogP contribution in [-0.2, 0) is 22.9 Å². The van der Waals surface area contributed by atoms with Crippen LogP contribution in [0.25, 0.3) is 0 Å². The fourth-order valence-electron chi connectivity index (χ4n) is 2.57. The summed E-state index contributed by atoms with van der Waals surface area (Å²) >= 11 is 1.62. The third-order valence-electron chi connectivity index (χ3n) is 3.58. The van der Waals surface area contributed by atoms with Crippen molar-refractivity contribution in [2.24, 2.45) is 0 Å². The first kappa shape index (κ1) is 14.6. The van der Waals surface area contributed by atoms with Gasteiger partial charge in [-0.2, -0.15) is 11.3 Å². The molecule has 21 heavy (non-hydrogen) atoms. The molecule has 1 aromatic carbocycles. The number of hydrogen-bond donors (Lipinski definition) is 2. The molecule has 0 bridgehead atoms. The molecule has 1 aliphatic rings. The zero-order chi connectivity index (χ0) is 14.9. The number of rotatable bonds is 5. The van der Waals surface area contributed by atoms with Crippen molar-refractivity contribution in [2.75, 3.05) is 11.9 Å². The van der Waals surface area contributed by atoms with Crippen molar-refractivity contribution in [1.82, 2.24) is 4.72 Å². The topological polar surface area (TPSA) is 58.2 Å². The molecule has 1 atom stereocenters. The Hall–Kier alpha value is -1.37. The Bertz CT molecular complexity index is 724. The van der Waals surface area contributed by atoms with E-state index in [1.54, 1.807) is 23.5 Å². The van der Waals surface area contributed by atoms with Crippen molar-refractivity contribution < 1.29 is 8.42 Å². The zero-order valence-electron chi connectivity index (χ0n) is 11.8. The van der Waals surface area contributed by atoms with Crippen molar-refractivity contribution in [3.05, 3.63) is 46.2 Å². The summed E-state index contributed by atoms with van der Waals surface area (Å²) in [4.78, 5) is 0.327. The molecule has 0 spiro atoms. The summed E-state index contributed by atoms with van der Waals surface area (Å²) in [6.45, 7) is 2.77. The smallest absolute Gasteiger partial charge is 0.240 e. The molecule has 6 heteroatoms. The zero-order valence-corrected chi connectivity index (χ0v) is 13.4. The first-order valence-electron chi connectivity index (χ1n) is 6.95. The van der Waals surface area contributed by atoms with Gasteiger partial charge in [-0.15, -0.1) is 0 Å². The molecular weight excluding hydrogens is 304 g/mol. The molecule has 0 radical (unpaired) electrons. The summed E-state index contributed by atoms with van der Waals surface area (Å²) in [6.07, 6.45) is 1.66. The molecule has 0 amide bonds. The first-order chi connectivity index (χ1) is 10.0. The monoisotopic (exact) mass is 322 g/mol. The third kappa shape index (κ3) is 3.28. The standard InChI is InChI=1S/C15H18N2O2S2/c1-11(8-12-5-7-20-10-12)17-21(18,19)14-3-2-13-4-6-16-15(13)9-14/h2-3,5,7,9-11,16-17H,4,6,8H2,1H3. The van der Waals surface area contributed by atoms with Crippen LogP contribution < -0.4 is 10.0 Å². The molecule has 0 saturated carbocycles. The molecule has 2 N–H and O–H groups in total. The van der Waals surface area contributed by atoms with Gasteiger partial charge in [0.05, 0.1) is 4.90 Å². The molecule has 112 valence electrons. The lowest BCUT2D eigenvalue weighted by atomic mass is 10.1. The van der Waals surface area contributed by atoms with Gasteiger partial charge in [-0.1, -0.05) is 6.07 Å². The lowest BCUT2D eigenvalue weighted by Crippen LogP contribution is -2.34. The van der Waals surface area contributed by atoms with Gasteiger partial charge >= 0.3 is 0 Å². The largest absolute Gasteiger partial charge is 0.384 e. The summed E-state index contributed by atoms with van der Waals surface area (Å²) in [6, 6.07) is 7.20. The van der Waals surface area contributed by atoms with Crippen LogP contribution in [0.15, 0.2) is 39.9 Å². The van der Waals surface area contributed by atoms with Crippen LogP contribution in [0.1, 0.15) is 18.1 Å². The van der Waals surface area contributed by atoms with Gasteiger partial charge in [-0.25, -0.2) is 13.1 Å². The number of sulfonamides is 1. The Labute approximate surface area is 129 Å². The molecule has 2 aromatic rings. The van der Waals surface area contributed by atoms with Crippen LogP contribution in [-0.4, -0.2) is 21.0 Å². The molecule has 0 aliphatic carbocycles. The second kappa shape index (κ2) is 5.79. The second-order valence-electron chi connectivity index (χ2n) is 5.35.